The van der Waals surface area contributed by atoms with Gasteiger partial charge in [0.1, 0.15) is 6.07 Å². The number of nitriles is 1. The second-order valence-corrected chi connectivity index (χ2v) is 12.9. The number of hydrogen-bond donors (Lipinski definition) is 1. The van der Waals surface area contributed by atoms with Gasteiger partial charge in [0.15, 0.2) is 0 Å². The fraction of sp³-hybridized carbons (Fsp3) is 0.656. The number of para-hydroxylation sites is 1. The predicted molar refractivity (Wildman–Crippen MR) is 146 cm³/mol. The topological polar surface area (TPSA) is 73.2 Å². The molecule has 3 aliphatic carbocycles. The monoisotopic (exact) mass is 501 g/mol. The second-order valence-electron chi connectivity index (χ2n) is 12.9. The summed E-state index contributed by atoms with van der Waals surface area (Å²) in [6.45, 7) is 7.41. The van der Waals surface area contributed by atoms with Crippen LogP contribution in [0.15, 0.2) is 36.4 Å². The molecule has 2 amide bonds. The number of hydrogen-bond acceptors (Lipinski definition) is 3. The Labute approximate surface area is 222 Å². The third kappa shape index (κ3) is 4.41. The van der Waals surface area contributed by atoms with Gasteiger partial charge in [-0.05, 0) is 105 Å². The molecule has 198 valence electrons. The first kappa shape index (κ1) is 26.0. The first-order valence-corrected chi connectivity index (χ1v) is 14.4. The minimum Gasteiger partial charge on any atom is -0.338 e. The summed E-state index contributed by atoms with van der Waals surface area (Å²) in [6.07, 6.45) is 14.1. The molecule has 3 fully saturated rings. The van der Waals surface area contributed by atoms with Crippen molar-refractivity contribution in [2.45, 2.75) is 84.6 Å². The lowest BCUT2D eigenvalue weighted by Gasteiger charge is -2.60. The Morgan fingerprint density at radius 3 is 2.73 bits per heavy atom. The number of fused-ring (bicyclic) bond motifs is 5. The van der Waals surface area contributed by atoms with Gasteiger partial charge in [-0.1, -0.05) is 39.0 Å². The van der Waals surface area contributed by atoms with Crippen molar-refractivity contribution >= 4 is 17.5 Å². The van der Waals surface area contributed by atoms with Gasteiger partial charge in [0.05, 0.1) is 11.3 Å². The minimum absolute atomic E-state index is 0.0000849. The van der Waals surface area contributed by atoms with Crippen molar-refractivity contribution in [2.75, 3.05) is 12.4 Å². The fourth-order valence-electron chi connectivity index (χ4n) is 9.40. The summed E-state index contributed by atoms with van der Waals surface area (Å²) in [5, 5.41) is 12.2. The minimum atomic E-state index is -0.0000849. The van der Waals surface area contributed by atoms with Crippen molar-refractivity contribution < 1.29 is 9.59 Å². The molecule has 5 nitrogen and oxygen atoms in total. The molecule has 1 aromatic rings. The molecule has 0 saturated heterocycles. The number of carbonyl (C=O) groups is 2. The number of likely N-dealkylation sites (N-methyl/N-ethyl adjacent to an activating group) is 1. The molecule has 1 N–H and O–H groups in total. The number of nitrogens with zero attached hydrogens (tertiary/aromatic N) is 2. The zero-order valence-corrected chi connectivity index (χ0v) is 23.0. The molecular weight excluding hydrogens is 458 g/mol. The van der Waals surface area contributed by atoms with Crippen LogP contribution >= 0.6 is 0 Å². The van der Waals surface area contributed by atoms with E-state index in [1.807, 2.05) is 30.2 Å². The van der Waals surface area contributed by atoms with E-state index in [4.69, 9.17) is 0 Å². The van der Waals surface area contributed by atoms with Gasteiger partial charge in [-0.25, -0.2) is 0 Å². The molecule has 0 radical (unpaired) electrons. The van der Waals surface area contributed by atoms with Crippen LogP contribution in [-0.4, -0.2) is 29.8 Å². The van der Waals surface area contributed by atoms with E-state index in [0.29, 0.717) is 41.0 Å². The number of amides is 2. The van der Waals surface area contributed by atoms with E-state index in [-0.39, 0.29) is 17.2 Å². The first-order valence-electron chi connectivity index (χ1n) is 14.4. The molecule has 0 spiro atoms. The molecule has 1 heterocycles. The molecule has 5 rings (SSSR count). The Kier molecular flexibility index (Phi) is 6.98. The van der Waals surface area contributed by atoms with Crippen LogP contribution in [0.5, 0.6) is 0 Å². The summed E-state index contributed by atoms with van der Waals surface area (Å²) in [5.74, 6) is 3.70. The number of rotatable bonds is 6. The normalized spacial score (nSPS) is 37.2. The van der Waals surface area contributed by atoms with E-state index >= 15 is 0 Å². The van der Waals surface area contributed by atoms with Crippen LogP contribution in [0.4, 0.5) is 5.69 Å². The van der Waals surface area contributed by atoms with E-state index < -0.39 is 0 Å². The maximum Gasteiger partial charge on any atom is 0.246 e. The number of benzene rings is 1. The summed E-state index contributed by atoms with van der Waals surface area (Å²) < 4.78 is 0. The first-order chi connectivity index (χ1) is 17.7. The third-order valence-corrected chi connectivity index (χ3v) is 11.3. The summed E-state index contributed by atoms with van der Waals surface area (Å²) in [7, 11) is 2.00. The van der Waals surface area contributed by atoms with Gasteiger partial charge in [0, 0.05) is 24.9 Å². The van der Waals surface area contributed by atoms with Crippen LogP contribution < -0.4 is 5.32 Å². The standard InChI is InChI=1S/C32H43N3O2/c1-21(8-7-11-29(36)34-27-10-6-5-9-22(27)20-33)24-13-14-25-23-12-15-28-32(3,19-17-30(37)35(28)4)26(23)16-18-31(24,25)2/h5-6,9-10,17,19,21,23-26,28H,7-8,11-16,18H2,1-4H3,(H,34,36)/t21-,23+,24-,25+,26+,28?,31-,32-/m1/s1. The van der Waals surface area contributed by atoms with Crippen LogP contribution in [-0.2, 0) is 9.59 Å². The van der Waals surface area contributed by atoms with Crippen molar-refractivity contribution in [1.29, 1.82) is 5.26 Å². The lowest BCUT2D eigenvalue weighted by molar-refractivity contribution is -0.139. The van der Waals surface area contributed by atoms with Gasteiger partial charge in [0.2, 0.25) is 11.8 Å². The molecule has 0 aromatic heterocycles. The fourth-order valence-corrected chi connectivity index (χ4v) is 9.40. The highest BCUT2D eigenvalue weighted by atomic mass is 16.2. The van der Waals surface area contributed by atoms with E-state index in [2.05, 4.69) is 38.2 Å². The van der Waals surface area contributed by atoms with Gasteiger partial charge in [-0.2, -0.15) is 5.26 Å². The molecule has 4 aliphatic rings. The van der Waals surface area contributed by atoms with Crippen LogP contribution in [0.3, 0.4) is 0 Å². The number of nitrogens with one attached hydrogen (secondary N) is 1. The zero-order valence-electron chi connectivity index (χ0n) is 23.0. The number of anilines is 1. The molecule has 8 atom stereocenters. The molecule has 0 bridgehead atoms. The highest BCUT2D eigenvalue weighted by Crippen LogP contribution is 2.66. The van der Waals surface area contributed by atoms with E-state index in [9.17, 15) is 14.9 Å². The Hall–Kier alpha value is -2.61. The van der Waals surface area contributed by atoms with Crippen molar-refractivity contribution in [1.82, 2.24) is 4.90 Å². The van der Waals surface area contributed by atoms with Gasteiger partial charge >= 0.3 is 0 Å². The summed E-state index contributed by atoms with van der Waals surface area (Å²) in [6, 6.07) is 9.68. The summed E-state index contributed by atoms with van der Waals surface area (Å²) in [4.78, 5) is 26.9. The van der Waals surface area contributed by atoms with Crippen LogP contribution in [0.2, 0.25) is 0 Å². The number of carbonyl (C=O) groups excluding carboxylic acids is 2. The highest BCUT2D eigenvalue weighted by molar-refractivity contribution is 5.92. The Balaban J connectivity index is 1.19. The molecule has 1 aliphatic heterocycles. The van der Waals surface area contributed by atoms with Gasteiger partial charge in [0.25, 0.3) is 0 Å². The molecule has 3 saturated carbocycles. The van der Waals surface area contributed by atoms with Crippen LogP contribution in [0.25, 0.3) is 0 Å². The quantitative estimate of drug-likeness (QED) is 0.480. The highest BCUT2D eigenvalue weighted by Gasteiger charge is 2.60. The van der Waals surface area contributed by atoms with Gasteiger partial charge in [-0.3, -0.25) is 9.59 Å². The third-order valence-electron chi connectivity index (χ3n) is 11.3. The Morgan fingerprint density at radius 1 is 1.16 bits per heavy atom. The Bertz CT molecular complexity index is 1120. The van der Waals surface area contributed by atoms with Crippen molar-refractivity contribution in [3.8, 4) is 6.07 Å². The van der Waals surface area contributed by atoms with Crippen molar-refractivity contribution in [2.24, 2.45) is 40.4 Å². The second kappa shape index (κ2) is 9.93. The smallest absolute Gasteiger partial charge is 0.246 e. The van der Waals surface area contributed by atoms with E-state index in [1.54, 1.807) is 12.1 Å². The van der Waals surface area contributed by atoms with Gasteiger partial charge < -0.3 is 10.2 Å². The molecule has 1 unspecified atom stereocenters. The van der Waals surface area contributed by atoms with E-state index in [1.165, 1.54) is 32.1 Å². The largest absolute Gasteiger partial charge is 0.338 e. The van der Waals surface area contributed by atoms with Gasteiger partial charge in [-0.15, -0.1) is 0 Å². The van der Waals surface area contributed by atoms with Crippen LogP contribution in [0.1, 0.15) is 84.1 Å². The maximum absolute atomic E-state index is 12.6. The molecular formula is C32H43N3O2. The lowest BCUT2D eigenvalue weighted by Crippen LogP contribution is -2.59. The SMILES string of the molecule is C[C@H](CCCC(=O)Nc1ccccc1C#N)[C@H]1CC[C@H]2[C@@H]3CCC4N(C)C(=O)C=C[C@]4(C)[C@H]3CC[C@]12C. The zero-order chi connectivity index (χ0) is 26.4. The Morgan fingerprint density at radius 2 is 1.95 bits per heavy atom. The molecule has 37 heavy (non-hydrogen) atoms. The lowest BCUT2D eigenvalue weighted by atomic mass is 9.47. The van der Waals surface area contributed by atoms with Crippen LogP contribution in [0, 0.1) is 51.8 Å². The average molecular weight is 502 g/mol. The summed E-state index contributed by atoms with van der Waals surface area (Å²) >= 11 is 0. The predicted octanol–water partition coefficient (Wildman–Crippen LogP) is 6.56. The molecule has 1 aromatic carbocycles. The van der Waals surface area contributed by atoms with E-state index in [0.717, 1.165) is 37.0 Å². The maximum atomic E-state index is 12.6. The summed E-state index contributed by atoms with van der Waals surface area (Å²) in [5.41, 5.74) is 1.61. The van der Waals surface area contributed by atoms with Crippen molar-refractivity contribution in [3.05, 3.63) is 42.0 Å². The molecule has 5 heteroatoms. The average Bonchev–Trinajstić information content (AvgIpc) is 3.24. The van der Waals surface area contributed by atoms with Crippen molar-refractivity contribution in [3.63, 3.8) is 0 Å².